The average Bonchev–Trinajstić information content (AvgIpc) is 3.56. The van der Waals surface area contributed by atoms with E-state index in [-0.39, 0.29) is 24.4 Å². The first-order valence-corrected chi connectivity index (χ1v) is 9.98. The van der Waals surface area contributed by atoms with Crippen molar-refractivity contribution in [2.24, 2.45) is 5.73 Å². The molecule has 8 nitrogen and oxygen atoms in total. The molecule has 8 heteroatoms. The van der Waals surface area contributed by atoms with Gasteiger partial charge >= 0.3 is 0 Å². The van der Waals surface area contributed by atoms with Gasteiger partial charge in [-0.1, -0.05) is 24.3 Å². The molecule has 160 valence electrons. The van der Waals surface area contributed by atoms with Crippen LogP contribution in [-0.4, -0.2) is 36.2 Å². The maximum Gasteiger partial charge on any atom is 0.253 e. The minimum Gasteiger partial charge on any atom is -0.370 e. The number of anilines is 1. The third kappa shape index (κ3) is 6.81. The average molecular weight is 420 g/mol. The van der Waals surface area contributed by atoms with Gasteiger partial charge in [0.15, 0.2) is 0 Å². The van der Waals surface area contributed by atoms with E-state index in [1.165, 1.54) is 6.08 Å². The van der Waals surface area contributed by atoms with Gasteiger partial charge in [0.05, 0.1) is 11.3 Å². The number of para-hydroxylation sites is 1. The molecular formula is C23H24N4O4. The molecule has 0 bridgehead atoms. The Labute approximate surface area is 179 Å². The van der Waals surface area contributed by atoms with Crippen molar-refractivity contribution in [1.82, 2.24) is 10.6 Å². The lowest BCUT2D eigenvalue weighted by Crippen LogP contribution is -2.28. The van der Waals surface area contributed by atoms with Crippen molar-refractivity contribution < 1.29 is 19.2 Å². The van der Waals surface area contributed by atoms with Crippen LogP contribution in [0.1, 0.15) is 45.5 Å². The lowest BCUT2D eigenvalue weighted by Gasteiger charge is -2.10. The molecule has 4 amide bonds. The second-order valence-corrected chi connectivity index (χ2v) is 7.21. The summed E-state index contributed by atoms with van der Waals surface area (Å²) < 4.78 is 0. The molecule has 1 aliphatic rings. The molecule has 1 saturated carbocycles. The Morgan fingerprint density at radius 2 is 1.68 bits per heavy atom. The lowest BCUT2D eigenvalue weighted by atomic mass is 10.1. The molecule has 0 atom stereocenters. The predicted octanol–water partition coefficient (Wildman–Crippen LogP) is 1.84. The molecule has 2 aromatic carbocycles. The first-order valence-electron chi connectivity index (χ1n) is 9.98. The van der Waals surface area contributed by atoms with Gasteiger partial charge in [-0.3, -0.25) is 19.2 Å². The van der Waals surface area contributed by atoms with Crippen molar-refractivity contribution in [3.8, 4) is 0 Å². The van der Waals surface area contributed by atoms with E-state index in [9.17, 15) is 19.2 Å². The number of nitrogens with two attached hydrogens (primary N) is 1. The Morgan fingerprint density at radius 1 is 0.968 bits per heavy atom. The molecule has 3 rings (SSSR count). The van der Waals surface area contributed by atoms with E-state index in [0.29, 0.717) is 17.3 Å². The normalized spacial score (nSPS) is 12.9. The van der Waals surface area contributed by atoms with Crippen LogP contribution in [0.2, 0.25) is 0 Å². The molecule has 0 spiro atoms. The van der Waals surface area contributed by atoms with Crippen molar-refractivity contribution in [2.45, 2.75) is 25.3 Å². The van der Waals surface area contributed by atoms with Gasteiger partial charge in [0.2, 0.25) is 11.8 Å². The van der Waals surface area contributed by atoms with Gasteiger partial charge < -0.3 is 21.7 Å². The van der Waals surface area contributed by atoms with Gasteiger partial charge in [0.1, 0.15) is 0 Å². The fourth-order valence-electron chi connectivity index (χ4n) is 2.77. The number of rotatable bonds is 9. The topological polar surface area (TPSA) is 130 Å². The number of hydrogen-bond donors (Lipinski definition) is 4. The van der Waals surface area contributed by atoms with E-state index < -0.39 is 17.7 Å². The zero-order chi connectivity index (χ0) is 22.2. The molecular weight excluding hydrogens is 396 g/mol. The molecule has 2 aromatic rings. The maximum atomic E-state index is 12.3. The quantitative estimate of drug-likeness (QED) is 0.461. The van der Waals surface area contributed by atoms with Crippen LogP contribution >= 0.6 is 0 Å². The molecule has 0 radical (unpaired) electrons. The highest BCUT2D eigenvalue weighted by molar-refractivity contribution is 6.07. The molecule has 0 aromatic heterocycles. The molecule has 1 fully saturated rings. The van der Waals surface area contributed by atoms with Gasteiger partial charge in [0, 0.05) is 30.6 Å². The van der Waals surface area contributed by atoms with E-state index in [4.69, 9.17) is 5.73 Å². The second-order valence-electron chi connectivity index (χ2n) is 7.21. The first kappa shape index (κ1) is 21.8. The Hall–Kier alpha value is -3.94. The number of hydrogen-bond acceptors (Lipinski definition) is 4. The van der Waals surface area contributed by atoms with E-state index in [1.807, 2.05) is 0 Å². The summed E-state index contributed by atoms with van der Waals surface area (Å²) in [6, 6.07) is 13.8. The van der Waals surface area contributed by atoms with Gasteiger partial charge in [-0.25, -0.2) is 0 Å². The summed E-state index contributed by atoms with van der Waals surface area (Å²) in [5.41, 5.74) is 7.02. The molecule has 5 N–H and O–H groups in total. The van der Waals surface area contributed by atoms with Crippen molar-refractivity contribution in [3.63, 3.8) is 0 Å². The van der Waals surface area contributed by atoms with E-state index in [0.717, 1.165) is 18.4 Å². The number of carbonyl (C=O) groups excluding carboxylic acids is 4. The monoisotopic (exact) mass is 420 g/mol. The number of benzene rings is 2. The zero-order valence-electron chi connectivity index (χ0n) is 16.9. The van der Waals surface area contributed by atoms with Crippen LogP contribution in [0.4, 0.5) is 5.69 Å². The summed E-state index contributed by atoms with van der Waals surface area (Å²) in [5, 5.41) is 8.19. The summed E-state index contributed by atoms with van der Waals surface area (Å²) in [5.74, 6) is -1.43. The second kappa shape index (κ2) is 10.2. The molecule has 0 heterocycles. The highest BCUT2D eigenvalue weighted by Gasteiger charge is 2.23. The van der Waals surface area contributed by atoms with E-state index >= 15 is 0 Å². The van der Waals surface area contributed by atoms with Crippen molar-refractivity contribution in [2.75, 3.05) is 11.9 Å². The Bertz CT molecular complexity index is 1010. The van der Waals surface area contributed by atoms with Gasteiger partial charge in [0.25, 0.3) is 11.8 Å². The number of primary amides is 1. The number of amides is 4. The van der Waals surface area contributed by atoms with Crippen LogP contribution in [0, 0.1) is 0 Å². The largest absolute Gasteiger partial charge is 0.370 e. The minimum atomic E-state index is -0.511. The van der Waals surface area contributed by atoms with Crippen LogP contribution in [-0.2, 0) is 9.59 Å². The van der Waals surface area contributed by atoms with Crippen LogP contribution in [0.5, 0.6) is 0 Å². The summed E-state index contributed by atoms with van der Waals surface area (Å²) in [6.45, 7) is 0.116. The summed E-state index contributed by atoms with van der Waals surface area (Å²) in [6.07, 6.45) is 5.05. The van der Waals surface area contributed by atoms with Crippen molar-refractivity contribution >= 4 is 35.4 Å². The van der Waals surface area contributed by atoms with Crippen LogP contribution in [0.3, 0.4) is 0 Å². The van der Waals surface area contributed by atoms with Gasteiger partial charge in [-0.05, 0) is 48.7 Å². The number of nitrogens with one attached hydrogen (secondary N) is 3. The fourth-order valence-corrected chi connectivity index (χ4v) is 2.77. The molecule has 1 aliphatic carbocycles. The number of carbonyl (C=O) groups is 4. The van der Waals surface area contributed by atoms with Crippen molar-refractivity contribution in [1.29, 1.82) is 0 Å². The smallest absolute Gasteiger partial charge is 0.253 e. The molecule has 31 heavy (non-hydrogen) atoms. The zero-order valence-corrected chi connectivity index (χ0v) is 16.9. The van der Waals surface area contributed by atoms with Gasteiger partial charge in [-0.15, -0.1) is 0 Å². The standard InChI is InChI=1S/C23H24N4O4/c24-20(28)13-14-25-23(31)18-3-1-2-4-19(18)27-21(29)12-7-15-5-8-16(9-6-15)22(30)26-17-10-11-17/h1-9,12,17H,10-11,13-14H2,(H2,24,28)(H,25,31)(H,26,30)(H,27,29)/b12-7+. The van der Waals surface area contributed by atoms with E-state index in [2.05, 4.69) is 16.0 Å². The lowest BCUT2D eigenvalue weighted by molar-refractivity contribution is -0.118. The third-order valence-corrected chi connectivity index (χ3v) is 4.60. The molecule has 0 unspecified atom stereocenters. The summed E-state index contributed by atoms with van der Waals surface area (Å²) in [4.78, 5) is 47.4. The van der Waals surface area contributed by atoms with Crippen LogP contribution in [0.15, 0.2) is 54.6 Å². The maximum absolute atomic E-state index is 12.3. The third-order valence-electron chi connectivity index (χ3n) is 4.60. The Morgan fingerprint density at radius 3 is 2.35 bits per heavy atom. The first-order chi connectivity index (χ1) is 14.9. The van der Waals surface area contributed by atoms with Crippen LogP contribution < -0.4 is 21.7 Å². The Kier molecular flexibility index (Phi) is 7.16. The van der Waals surface area contributed by atoms with Crippen LogP contribution in [0.25, 0.3) is 6.08 Å². The van der Waals surface area contributed by atoms with Crippen molar-refractivity contribution in [3.05, 3.63) is 71.3 Å². The summed E-state index contributed by atoms with van der Waals surface area (Å²) >= 11 is 0. The SMILES string of the molecule is NC(=O)CCNC(=O)c1ccccc1NC(=O)/C=C/c1ccc(C(=O)NC2CC2)cc1. The fraction of sp³-hybridized carbons (Fsp3) is 0.217. The molecule has 0 aliphatic heterocycles. The van der Waals surface area contributed by atoms with Gasteiger partial charge in [-0.2, -0.15) is 0 Å². The minimum absolute atomic E-state index is 0.0318. The molecule has 0 saturated heterocycles. The highest BCUT2D eigenvalue weighted by atomic mass is 16.2. The van der Waals surface area contributed by atoms with E-state index in [1.54, 1.807) is 54.6 Å². The predicted molar refractivity (Wildman–Crippen MR) is 117 cm³/mol. The highest BCUT2D eigenvalue weighted by Crippen LogP contribution is 2.19. The summed E-state index contributed by atoms with van der Waals surface area (Å²) in [7, 11) is 0. The Balaban J connectivity index is 1.57.